The molecular weight excluding hydrogens is 214 g/mol. The third kappa shape index (κ3) is 3.02. The Morgan fingerprint density at radius 1 is 1.25 bits per heavy atom. The van der Waals surface area contributed by atoms with E-state index in [0.29, 0.717) is 5.25 Å². The highest BCUT2D eigenvalue weighted by Gasteiger charge is 2.10. The molecule has 88 valence electrons. The normalized spacial score (nSPS) is 16.9. The van der Waals surface area contributed by atoms with Crippen LogP contribution in [0.2, 0.25) is 0 Å². The molecule has 0 spiro atoms. The van der Waals surface area contributed by atoms with Gasteiger partial charge in [-0.1, -0.05) is 13.0 Å². The summed E-state index contributed by atoms with van der Waals surface area (Å²) in [6.07, 6.45) is 6.37. The number of thioether (sulfide) groups is 1. The van der Waals surface area contributed by atoms with Gasteiger partial charge < -0.3 is 5.73 Å². The summed E-state index contributed by atoms with van der Waals surface area (Å²) in [5, 5.41) is 0.631. The predicted octanol–water partition coefficient (Wildman–Crippen LogP) is 3.39. The van der Waals surface area contributed by atoms with E-state index in [4.69, 9.17) is 5.73 Å². The molecule has 0 bridgehead atoms. The highest BCUT2D eigenvalue weighted by atomic mass is 32.2. The van der Waals surface area contributed by atoms with E-state index in [1.807, 2.05) is 11.8 Å². The summed E-state index contributed by atoms with van der Waals surface area (Å²) in [5.41, 5.74) is 8.73. The molecule has 0 saturated heterocycles. The summed E-state index contributed by atoms with van der Waals surface area (Å²) in [6, 6.07) is 7.00. The van der Waals surface area contributed by atoms with Crippen molar-refractivity contribution in [2.24, 2.45) is 5.73 Å². The van der Waals surface area contributed by atoms with E-state index >= 15 is 0 Å². The highest BCUT2D eigenvalue weighted by molar-refractivity contribution is 7.99. The van der Waals surface area contributed by atoms with Crippen LogP contribution in [0, 0.1) is 0 Å². The Labute approximate surface area is 103 Å². The Kier molecular flexibility index (Phi) is 4.30. The van der Waals surface area contributed by atoms with Gasteiger partial charge in [-0.3, -0.25) is 0 Å². The number of benzene rings is 1. The number of rotatable bonds is 4. The van der Waals surface area contributed by atoms with E-state index in [9.17, 15) is 0 Å². The average molecular weight is 235 g/mol. The van der Waals surface area contributed by atoms with Crippen LogP contribution in [0.4, 0.5) is 0 Å². The number of fused-ring (bicyclic) bond motifs is 1. The van der Waals surface area contributed by atoms with Crippen molar-refractivity contribution in [1.29, 1.82) is 0 Å². The van der Waals surface area contributed by atoms with Crippen molar-refractivity contribution in [3.8, 4) is 0 Å². The third-order valence-corrected chi connectivity index (χ3v) is 4.39. The fraction of sp³-hybridized carbons (Fsp3) is 0.571. The van der Waals surface area contributed by atoms with Crippen LogP contribution < -0.4 is 5.73 Å². The fourth-order valence-electron chi connectivity index (χ4n) is 2.31. The second-order valence-corrected chi connectivity index (χ2v) is 6.16. The molecule has 1 aliphatic carbocycles. The molecule has 0 aromatic heterocycles. The molecule has 1 unspecified atom stereocenters. The largest absolute Gasteiger partial charge is 0.330 e. The second kappa shape index (κ2) is 5.74. The van der Waals surface area contributed by atoms with E-state index in [-0.39, 0.29) is 0 Å². The van der Waals surface area contributed by atoms with Crippen molar-refractivity contribution in [2.45, 2.75) is 49.2 Å². The molecule has 0 heterocycles. The van der Waals surface area contributed by atoms with Gasteiger partial charge in [0.2, 0.25) is 0 Å². The Bertz CT molecular complexity index is 349. The van der Waals surface area contributed by atoms with Crippen molar-refractivity contribution < 1.29 is 0 Å². The van der Waals surface area contributed by atoms with Crippen molar-refractivity contribution >= 4 is 11.8 Å². The van der Waals surface area contributed by atoms with Crippen LogP contribution in [0.25, 0.3) is 0 Å². The molecule has 2 heteroatoms. The van der Waals surface area contributed by atoms with Crippen molar-refractivity contribution in [3.63, 3.8) is 0 Å². The molecule has 1 aliphatic rings. The number of aryl methyl sites for hydroxylation is 2. The van der Waals surface area contributed by atoms with Gasteiger partial charge in [-0.15, -0.1) is 11.8 Å². The van der Waals surface area contributed by atoms with Crippen molar-refractivity contribution in [3.05, 3.63) is 29.3 Å². The molecular formula is C14H21NS. The predicted molar refractivity (Wildman–Crippen MR) is 72.1 cm³/mol. The summed E-state index contributed by atoms with van der Waals surface area (Å²) in [6.45, 7) is 3.05. The molecule has 0 saturated carbocycles. The fourth-order valence-corrected chi connectivity index (χ4v) is 3.38. The Morgan fingerprint density at radius 2 is 2.00 bits per heavy atom. The first-order valence-corrected chi connectivity index (χ1v) is 7.16. The molecule has 2 N–H and O–H groups in total. The molecule has 0 fully saturated rings. The molecule has 2 rings (SSSR count). The van der Waals surface area contributed by atoms with Gasteiger partial charge in [0.15, 0.2) is 0 Å². The van der Waals surface area contributed by atoms with E-state index in [1.54, 1.807) is 11.1 Å². The van der Waals surface area contributed by atoms with Gasteiger partial charge in [-0.25, -0.2) is 0 Å². The van der Waals surface area contributed by atoms with Crippen molar-refractivity contribution in [2.75, 3.05) is 6.54 Å². The zero-order valence-corrected chi connectivity index (χ0v) is 10.9. The summed E-state index contributed by atoms with van der Waals surface area (Å²) in [7, 11) is 0. The molecule has 0 radical (unpaired) electrons. The summed E-state index contributed by atoms with van der Waals surface area (Å²) >= 11 is 1.96. The molecule has 1 nitrogen and oxygen atoms in total. The van der Waals surface area contributed by atoms with Crippen LogP contribution in [-0.2, 0) is 12.8 Å². The zero-order valence-electron chi connectivity index (χ0n) is 10.0. The number of nitrogens with two attached hydrogens (primary N) is 1. The maximum Gasteiger partial charge on any atom is 0.00780 e. The van der Waals surface area contributed by atoms with Gasteiger partial charge in [-0.2, -0.15) is 0 Å². The van der Waals surface area contributed by atoms with Crippen LogP contribution in [0.5, 0.6) is 0 Å². The number of hydrogen-bond acceptors (Lipinski definition) is 2. The summed E-state index contributed by atoms with van der Waals surface area (Å²) in [5.74, 6) is 0. The summed E-state index contributed by atoms with van der Waals surface area (Å²) in [4.78, 5) is 1.42. The van der Waals surface area contributed by atoms with Crippen LogP contribution in [0.3, 0.4) is 0 Å². The third-order valence-electron chi connectivity index (χ3n) is 3.23. The minimum Gasteiger partial charge on any atom is -0.330 e. The second-order valence-electron chi connectivity index (χ2n) is 4.64. The average Bonchev–Trinajstić information content (AvgIpc) is 2.29. The van der Waals surface area contributed by atoms with Gasteiger partial charge in [0, 0.05) is 10.1 Å². The topological polar surface area (TPSA) is 26.0 Å². The first kappa shape index (κ1) is 12.0. The lowest BCUT2D eigenvalue weighted by Crippen LogP contribution is -2.07. The highest BCUT2D eigenvalue weighted by Crippen LogP contribution is 2.29. The lowest BCUT2D eigenvalue weighted by Gasteiger charge is -2.17. The standard InChI is InChI=1S/C14H21NS/c1-11(8-9-15)16-14-7-6-12-4-2-3-5-13(12)10-14/h6-7,10-11H,2-5,8-9,15H2,1H3. The first-order chi connectivity index (χ1) is 7.79. The Hall–Kier alpha value is -0.470. The SMILES string of the molecule is CC(CCN)Sc1ccc2c(c1)CCCC2. The van der Waals surface area contributed by atoms with Gasteiger partial charge in [-0.05, 0) is 61.9 Å². The molecule has 16 heavy (non-hydrogen) atoms. The van der Waals surface area contributed by atoms with Gasteiger partial charge >= 0.3 is 0 Å². The lowest BCUT2D eigenvalue weighted by molar-refractivity contribution is 0.683. The maximum absolute atomic E-state index is 5.58. The van der Waals surface area contributed by atoms with Crippen LogP contribution >= 0.6 is 11.8 Å². The van der Waals surface area contributed by atoms with E-state index in [0.717, 1.165) is 13.0 Å². The van der Waals surface area contributed by atoms with Crippen molar-refractivity contribution in [1.82, 2.24) is 0 Å². The monoisotopic (exact) mass is 235 g/mol. The molecule has 0 amide bonds. The first-order valence-electron chi connectivity index (χ1n) is 6.28. The van der Waals surface area contributed by atoms with Gasteiger partial charge in [0.05, 0.1) is 0 Å². The maximum atomic E-state index is 5.58. The molecule has 0 aliphatic heterocycles. The van der Waals surface area contributed by atoms with Gasteiger partial charge in [0.25, 0.3) is 0 Å². The minimum atomic E-state index is 0.631. The Balaban J connectivity index is 2.05. The van der Waals surface area contributed by atoms with E-state index in [2.05, 4.69) is 25.1 Å². The van der Waals surface area contributed by atoms with Crippen LogP contribution in [0.15, 0.2) is 23.1 Å². The van der Waals surface area contributed by atoms with Gasteiger partial charge in [0.1, 0.15) is 0 Å². The summed E-state index contributed by atoms with van der Waals surface area (Å²) < 4.78 is 0. The van der Waals surface area contributed by atoms with E-state index in [1.165, 1.54) is 30.6 Å². The van der Waals surface area contributed by atoms with E-state index < -0.39 is 0 Å². The smallest absolute Gasteiger partial charge is 0.00780 e. The molecule has 1 atom stereocenters. The number of hydrogen-bond donors (Lipinski definition) is 1. The lowest BCUT2D eigenvalue weighted by atomic mass is 9.92. The minimum absolute atomic E-state index is 0.631. The van der Waals surface area contributed by atoms with Crippen LogP contribution in [-0.4, -0.2) is 11.8 Å². The Morgan fingerprint density at radius 3 is 2.75 bits per heavy atom. The van der Waals surface area contributed by atoms with Crippen LogP contribution in [0.1, 0.15) is 37.3 Å². The zero-order chi connectivity index (χ0) is 11.4. The molecule has 1 aromatic carbocycles. The molecule has 1 aromatic rings. The quantitative estimate of drug-likeness (QED) is 0.810.